The highest BCUT2D eigenvalue weighted by Gasteiger charge is 2.29. The number of alkyl carbamates (subject to hydrolysis) is 1. The van der Waals surface area contributed by atoms with Gasteiger partial charge in [0.1, 0.15) is 18.8 Å². The number of carbonyl (C=O) groups excluding carboxylic acids is 1. The zero-order valence-electron chi connectivity index (χ0n) is 18.3. The summed E-state index contributed by atoms with van der Waals surface area (Å²) in [6.45, 7) is 2.01. The van der Waals surface area contributed by atoms with Gasteiger partial charge < -0.3 is 30.1 Å². The van der Waals surface area contributed by atoms with E-state index in [2.05, 4.69) is 17.4 Å². The Labute approximate surface area is 192 Å². The molecule has 172 valence electrons. The van der Waals surface area contributed by atoms with Gasteiger partial charge in [-0.05, 0) is 35.2 Å². The fraction of sp³-hybridized carbons (Fsp3) is 0.269. The maximum Gasteiger partial charge on any atom is 0.407 e. The van der Waals surface area contributed by atoms with Crippen LogP contribution in [-0.2, 0) is 4.74 Å². The van der Waals surface area contributed by atoms with Crippen molar-refractivity contribution in [3.05, 3.63) is 83.4 Å². The summed E-state index contributed by atoms with van der Waals surface area (Å²) in [7, 11) is 0. The number of aromatic hydroxyl groups is 1. The summed E-state index contributed by atoms with van der Waals surface area (Å²) in [4.78, 5) is 12.3. The van der Waals surface area contributed by atoms with Crippen LogP contribution in [0.15, 0.2) is 66.7 Å². The molecule has 0 aliphatic heterocycles. The van der Waals surface area contributed by atoms with Gasteiger partial charge in [0.05, 0.1) is 6.61 Å². The molecule has 0 bridgehead atoms. The van der Waals surface area contributed by atoms with E-state index in [1.807, 2.05) is 36.4 Å². The van der Waals surface area contributed by atoms with Crippen LogP contribution >= 0.6 is 0 Å². The molecule has 7 heteroatoms. The molecule has 2 atom stereocenters. The molecule has 2 unspecified atom stereocenters. The van der Waals surface area contributed by atoms with E-state index in [9.17, 15) is 20.1 Å². The highest BCUT2D eigenvalue weighted by atomic mass is 16.5. The molecule has 4 rings (SSSR count). The summed E-state index contributed by atoms with van der Waals surface area (Å²) in [6, 6.07) is 20.7. The van der Waals surface area contributed by atoms with Crippen LogP contribution < -0.4 is 10.1 Å². The number of ether oxygens (including phenoxy) is 2. The SMILES string of the molecule is CCOc1cccc(C(O)C(O)CNC(=O)OCC2c3ccccc3-c3ccccc32)c1O. The molecular weight excluding hydrogens is 422 g/mol. The predicted molar refractivity (Wildman–Crippen MR) is 123 cm³/mol. The van der Waals surface area contributed by atoms with E-state index in [0.717, 1.165) is 22.3 Å². The standard InChI is InChI=1S/C26H27NO6/c1-2-32-23-13-7-12-20(25(23)30)24(29)22(28)14-27-26(31)33-15-21-18-10-5-3-8-16(18)17-9-4-6-11-19(17)21/h3-13,21-22,24,28-30H,2,14-15H2,1H3,(H,27,31). The van der Waals surface area contributed by atoms with E-state index >= 15 is 0 Å². The van der Waals surface area contributed by atoms with Crippen molar-refractivity contribution in [3.8, 4) is 22.6 Å². The number of aliphatic hydroxyl groups is 2. The number of carbonyl (C=O) groups is 1. The molecular formula is C26H27NO6. The van der Waals surface area contributed by atoms with Gasteiger partial charge in [0.25, 0.3) is 0 Å². The normalized spacial score (nSPS) is 14.2. The van der Waals surface area contributed by atoms with Crippen LogP contribution in [0.5, 0.6) is 11.5 Å². The number of phenols is 1. The lowest BCUT2D eigenvalue weighted by Gasteiger charge is -2.21. The first-order valence-corrected chi connectivity index (χ1v) is 10.9. The highest BCUT2D eigenvalue weighted by molar-refractivity contribution is 5.79. The molecule has 0 saturated heterocycles. The van der Waals surface area contributed by atoms with Crippen molar-refractivity contribution in [1.29, 1.82) is 0 Å². The van der Waals surface area contributed by atoms with Crippen LogP contribution in [0, 0.1) is 0 Å². The lowest BCUT2D eigenvalue weighted by molar-refractivity contribution is 0.0170. The molecule has 4 N–H and O–H groups in total. The van der Waals surface area contributed by atoms with E-state index in [0.29, 0.717) is 6.61 Å². The smallest absolute Gasteiger partial charge is 0.407 e. The molecule has 7 nitrogen and oxygen atoms in total. The van der Waals surface area contributed by atoms with Crippen LogP contribution in [0.1, 0.15) is 35.6 Å². The van der Waals surface area contributed by atoms with Crippen LogP contribution in [0.3, 0.4) is 0 Å². The number of hydrogen-bond donors (Lipinski definition) is 4. The predicted octanol–water partition coefficient (Wildman–Crippen LogP) is 3.72. The topological polar surface area (TPSA) is 108 Å². The van der Waals surface area contributed by atoms with E-state index in [1.54, 1.807) is 19.1 Å². The number of nitrogens with one attached hydrogen (secondary N) is 1. The molecule has 1 aliphatic carbocycles. The lowest BCUT2D eigenvalue weighted by Crippen LogP contribution is -2.36. The maximum atomic E-state index is 12.3. The zero-order chi connectivity index (χ0) is 23.4. The van der Waals surface area contributed by atoms with Gasteiger partial charge in [-0.3, -0.25) is 0 Å². The fourth-order valence-electron chi connectivity index (χ4n) is 4.21. The Balaban J connectivity index is 1.34. The number of amides is 1. The Bertz CT molecular complexity index is 1090. The quantitative estimate of drug-likeness (QED) is 0.417. The summed E-state index contributed by atoms with van der Waals surface area (Å²) in [6.07, 6.45) is -3.47. The first-order chi connectivity index (χ1) is 16.0. The van der Waals surface area contributed by atoms with Gasteiger partial charge in [-0.1, -0.05) is 60.7 Å². The number of fused-ring (bicyclic) bond motifs is 3. The molecule has 3 aromatic carbocycles. The third kappa shape index (κ3) is 4.65. The van der Waals surface area contributed by atoms with Gasteiger partial charge in [-0.15, -0.1) is 0 Å². The molecule has 1 amide bonds. The number of phenolic OH excluding ortho intramolecular Hbond substituents is 1. The van der Waals surface area contributed by atoms with E-state index < -0.39 is 18.3 Å². The second-order valence-electron chi connectivity index (χ2n) is 7.85. The van der Waals surface area contributed by atoms with Crippen LogP contribution in [0.2, 0.25) is 0 Å². The summed E-state index contributed by atoms with van der Waals surface area (Å²) in [5.74, 6) is -0.102. The summed E-state index contributed by atoms with van der Waals surface area (Å²) < 4.78 is 10.7. The van der Waals surface area contributed by atoms with E-state index in [4.69, 9.17) is 9.47 Å². The largest absolute Gasteiger partial charge is 0.504 e. The average molecular weight is 450 g/mol. The Kier molecular flexibility index (Phi) is 6.82. The summed E-state index contributed by atoms with van der Waals surface area (Å²) >= 11 is 0. The number of benzene rings is 3. The van der Waals surface area contributed by atoms with Crippen molar-refractivity contribution in [2.45, 2.75) is 25.0 Å². The monoisotopic (exact) mass is 449 g/mol. The van der Waals surface area contributed by atoms with Crippen LogP contribution in [-0.4, -0.2) is 47.3 Å². The Morgan fingerprint density at radius 2 is 1.61 bits per heavy atom. The molecule has 0 radical (unpaired) electrons. The number of para-hydroxylation sites is 1. The first kappa shape index (κ1) is 22.6. The van der Waals surface area contributed by atoms with Crippen molar-refractivity contribution in [2.24, 2.45) is 0 Å². The van der Waals surface area contributed by atoms with E-state index in [1.165, 1.54) is 6.07 Å². The minimum Gasteiger partial charge on any atom is -0.504 e. The van der Waals surface area contributed by atoms with Gasteiger partial charge in [0.15, 0.2) is 11.5 Å². The van der Waals surface area contributed by atoms with E-state index in [-0.39, 0.29) is 36.1 Å². The molecule has 0 aromatic heterocycles. The molecule has 0 spiro atoms. The number of aliphatic hydroxyl groups excluding tert-OH is 2. The van der Waals surface area contributed by atoms with Crippen molar-refractivity contribution < 1.29 is 29.6 Å². The minimum atomic E-state index is -1.42. The van der Waals surface area contributed by atoms with Crippen molar-refractivity contribution in [3.63, 3.8) is 0 Å². The number of rotatable bonds is 8. The Hall–Kier alpha value is -3.55. The first-order valence-electron chi connectivity index (χ1n) is 10.9. The number of hydrogen-bond acceptors (Lipinski definition) is 6. The third-order valence-electron chi connectivity index (χ3n) is 5.81. The zero-order valence-corrected chi connectivity index (χ0v) is 18.3. The highest BCUT2D eigenvalue weighted by Crippen LogP contribution is 2.44. The average Bonchev–Trinajstić information content (AvgIpc) is 3.16. The molecule has 1 aliphatic rings. The summed E-state index contributed by atoms with van der Waals surface area (Å²) in [5.41, 5.74) is 4.59. The minimum absolute atomic E-state index is 0.0723. The maximum absolute atomic E-state index is 12.3. The van der Waals surface area contributed by atoms with Crippen LogP contribution in [0.25, 0.3) is 11.1 Å². The second-order valence-corrected chi connectivity index (χ2v) is 7.85. The van der Waals surface area contributed by atoms with Gasteiger partial charge in [-0.25, -0.2) is 4.79 Å². The van der Waals surface area contributed by atoms with Crippen molar-refractivity contribution in [1.82, 2.24) is 5.32 Å². The summed E-state index contributed by atoms with van der Waals surface area (Å²) in [5, 5.41) is 33.5. The Morgan fingerprint density at radius 1 is 0.970 bits per heavy atom. The molecule has 3 aromatic rings. The van der Waals surface area contributed by atoms with Gasteiger partial charge >= 0.3 is 6.09 Å². The molecule has 0 saturated carbocycles. The molecule has 0 heterocycles. The molecule has 33 heavy (non-hydrogen) atoms. The Morgan fingerprint density at radius 3 is 2.24 bits per heavy atom. The second kappa shape index (κ2) is 9.94. The van der Waals surface area contributed by atoms with Gasteiger partial charge in [0.2, 0.25) is 0 Å². The van der Waals surface area contributed by atoms with Crippen molar-refractivity contribution >= 4 is 6.09 Å². The van der Waals surface area contributed by atoms with Gasteiger partial charge in [-0.2, -0.15) is 0 Å². The lowest BCUT2D eigenvalue weighted by atomic mass is 9.98. The molecule has 0 fully saturated rings. The fourth-order valence-corrected chi connectivity index (χ4v) is 4.21. The third-order valence-corrected chi connectivity index (χ3v) is 5.81. The van der Waals surface area contributed by atoms with Crippen molar-refractivity contribution in [2.75, 3.05) is 19.8 Å². The van der Waals surface area contributed by atoms with Gasteiger partial charge in [0, 0.05) is 18.0 Å². The van der Waals surface area contributed by atoms with Crippen LogP contribution in [0.4, 0.5) is 4.79 Å².